The summed E-state index contributed by atoms with van der Waals surface area (Å²) in [6.45, 7) is 0. The molecule has 0 aliphatic carbocycles. The van der Waals surface area contributed by atoms with E-state index in [1.54, 1.807) is 29.7 Å². The van der Waals surface area contributed by atoms with Crippen LogP contribution in [0.15, 0.2) is 59.5 Å². The van der Waals surface area contributed by atoms with E-state index in [0.29, 0.717) is 33.1 Å². The molecule has 4 N–H and O–H groups in total. The number of hydrogen-bond acceptors (Lipinski definition) is 6. The second kappa shape index (κ2) is 9.07. The largest absolute Gasteiger partial charge is 0.338 e. The van der Waals surface area contributed by atoms with Gasteiger partial charge in [-0.1, -0.05) is 23.2 Å². The fraction of sp³-hybridized carbons (Fsp3) is 0.0455. The molecule has 1 heterocycles. The van der Waals surface area contributed by atoms with E-state index >= 15 is 0 Å². The summed E-state index contributed by atoms with van der Waals surface area (Å²) in [6, 6.07) is 13.3. The van der Waals surface area contributed by atoms with Crippen LogP contribution in [-0.4, -0.2) is 41.7 Å². The van der Waals surface area contributed by atoms with Gasteiger partial charge >= 0.3 is 0 Å². The number of rotatable bonds is 5. The van der Waals surface area contributed by atoms with Crippen LogP contribution in [0.5, 0.6) is 0 Å². The van der Waals surface area contributed by atoms with Crippen molar-refractivity contribution in [3.8, 4) is 11.4 Å². The number of hydrogen-bond donors (Lipinski definition) is 4. The number of aromatic nitrogens is 2. The molecule has 4 aromatic rings. The Morgan fingerprint density at radius 2 is 1.74 bits per heavy atom. The lowest BCUT2D eigenvalue weighted by atomic mass is 10.1. The van der Waals surface area contributed by atoms with Crippen LogP contribution in [0, 0.1) is 0 Å². The molecule has 0 aliphatic rings. The molecule has 2 amide bonds. The monoisotopic (exact) mass is 518 g/mol. The minimum Gasteiger partial charge on any atom is -0.338 e. The van der Waals surface area contributed by atoms with Gasteiger partial charge in [-0.2, -0.15) is 0 Å². The van der Waals surface area contributed by atoms with Gasteiger partial charge in [0.05, 0.1) is 31.5 Å². The molecule has 0 saturated carbocycles. The molecule has 0 bridgehead atoms. The second-order valence-corrected chi connectivity index (χ2v) is 10.2. The summed E-state index contributed by atoms with van der Waals surface area (Å²) in [5.74, 6) is -0.812. The van der Waals surface area contributed by atoms with Crippen molar-refractivity contribution < 1.29 is 23.2 Å². The standard InChI is InChI=1S/C22H16Cl2N4O5S/c1-34(32,33)13-4-5-14(17(24)10-13)22(30)25-12-3-6-16(23)15(9-12)20-26-18-7-2-11(21(29)28-31)8-19(18)27-20/h2-10,31H,1H3,(H,25,30)(H,26,27)(H,28,29). The van der Waals surface area contributed by atoms with Gasteiger partial charge < -0.3 is 10.3 Å². The molecule has 0 atom stereocenters. The van der Waals surface area contributed by atoms with E-state index in [2.05, 4.69) is 15.3 Å². The lowest BCUT2D eigenvalue weighted by Crippen LogP contribution is -2.18. The summed E-state index contributed by atoms with van der Waals surface area (Å²) < 4.78 is 23.4. The topological polar surface area (TPSA) is 141 Å². The predicted octanol–water partition coefficient (Wildman–Crippen LogP) is 4.31. The number of sulfone groups is 1. The van der Waals surface area contributed by atoms with Crippen LogP contribution in [0.4, 0.5) is 5.69 Å². The Bertz CT molecular complexity index is 1570. The molecular weight excluding hydrogens is 503 g/mol. The summed E-state index contributed by atoms with van der Waals surface area (Å²) in [7, 11) is -3.46. The van der Waals surface area contributed by atoms with Crippen molar-refractivity contribution in [3.63, 3.8) is 0 Å². The average Bonchev–Trinajstić information content (AvgIpc) is 3.22. The number of aromatic amines is 1. The van der Waals surface area contributed by atoms with E-state index in [1.807, 2.05) is 0 Å². The molecular formula is C22H16Cl2N4O5S. The van der Waals surface area contributed by atoms with E-state index in [4.69, 9.17) is 28.4 Å². The van der Waals surface area contributed by atoms with Gasteiger partial charge in [0.2, 0.25) is 0 Å². The maximum Gasteiger partial charge on any atom is 0.274 e. The van der Waals surface area contributed by atoms with E-state index < -0.39 is 21.7 Å². The van der Waals surface area contributed by atoms with Crippen molar-refractivity contribution in [3.05, 3.63) is 75.8 Å². The van der Waals surface area contributed by atoms with Crippen molar-refractivity contribution in [2.45, 2.75) is 4.90 Å². The molecule has 4 rings (SSSR count). The van der Waals surface area contributed by atoms with E-state index in [0.717, 1.165) is 6.26 Å². The van der Waals surface area contributed by atoms with Gasteiger partial charge in [0.1, 0.15) is 5.82 Å². The number of carbonyl (C=O) groups excluding carboxylic acids is 2. The van der Waals surface area contributed by atoms with Crippen LogP contribution < -0.4 is 10.8 Å². The number of benzene rings is 3. The first-order chi connectivity index (χ1) is 16.1. The normalized spacial score (nSPS) is 11.4. The summed E-state index contributed by atoms with van der Waals surface area (Å²) in [6.07, 6.45) is 1.05. The molecule has 1 aromatic heterocycles. The van der Waals surface area contributed by atoms with Gasteiger partial charge in [0, 0.05) is 23.1 Å². The number of hydroxylamine groups is 1. The zero-order valence-corrected chi connectivity index (χ0v) is 19.7. The molecule has 174 valence electrons. The van der Waals surface area contributed by atoms with Gasteiger partial charge in [0.25, 0.3) is 11.8 Å². The van der Waals surface area contributed by atoms with Crippen LogP contribution in [-0.2, 0) is 9.84 Å². The number of imidazole rings is 1. The van der Waals surface area contributed by atoms with Crippen molar-refractivity contribution in [1.82, 2.24) is 15.4 Å². The second-order valence-electron chi connectivity index (χ2n) is 7.32. The first kappa shape index (κ1) is 23.7. The fourth-order valence-corrected chi connectivity index (χ4v) is 4.42. The van der Waals surface area contributed by atoms with Crippen LogP contribution in [0.1, 0.15) is 20.7 Å². The quantitative estimate of drug-likeness (QED) is 0.229. The number of nitrogens with zero attached hydrogens (tertiary/aromatic N) is 1. The van der Waals surface area contributed by atoms with Crippen LogP contribution in [0.2, 0.25) is 10.0 Å². The number of nitrogens with one attached hydrogen (secondary N) is 3. The average molecular weight is 519 g/mol. The minimum absolute atomic E-state index is 0.00498. The van der Waals surface area contributed by atoms with Gasteiger partial charge in [-0.25, -0.2) is 18.9 Å². The summed E-state index contributed by atoms with van der Waals surface area (Å²) >= 11 is 12.5. The van der Waals surface area contributed by atoms with Crippen LogP contribution >= 0.6 is 23.2 Å². The van der Waals surface area contributed by atoms with E-state index in [1.165, 1.54) is 30.3 Å². The third-order valence-electron chi connectivity index (χ3n) is 4.94. The van der Waals surface area contributed by atoms with Crippen molar-refractivity contribution in [2.24, 2.45) is 0 Å². The molecule has 34 heavy (non-hydrogen) atoms. The smallest absolute Gasteiger partial charge is 0.274 e. The maximum absolute atomic E-state index is 12.7. The van der Waals surface area contributed by atoms with Gasteiger partial charge in [-0.3, -0.25) is 14.8 Å². The highest BCUT2D eigenvalue weighted by Gasteiger charge is 2.17. The fourth-order valence-electron chi connectivity index (χ4n) is 3.23. The molecule has 0 aliphatic heterocycles. The Morgan fingerprint density at radius 3 is 2.41 bits per heavy atom. The first-order valence-electron chi connectivity index (χ1n) is 9.62. The molecule has 0 fully saturated rings. The van der Waals surface area contributed by atoms with E-state index in [9.17, 15) is 18.0 Å². The number of fused-ring (bicyclic) bond motifs is 1. The van der Waals surface area contributed by atoms with Gasteiger partial charge in [-0.15, -0.1) is 0 Å². The third-order valence-corrected chi connectivity index (χ3v) is 6.69. The molecule has 9 nitrogen and oxygen atoms in total. The lowest BCUT2D eigenvalue weighted by molar-refractivity contribution is 0.0706. The Kier molecular flexibility index (Phi) is 6.32. The molecule has 12 heteroatoms. The highest BCUT2D eigenvalue weighted by Crippen LogP contribution is 2.31. The Morgan fingerprint density at radius 1 is 0.971 bits per heavy atom. The number of H-pyrrole nitrogens is 1. The van der Waals surface area contributed by atoms with E-state index in [-0.39, 0.29) is 21.0 Å². The number of halogens is 2. The molecule has 0 radical (unpaired) electrons. The Labute approximate surface area is 203 Å². The molecule has 0 unspecified atom stereocenters. The first-order valence-corrected chi connectivity index (χ1v) is 12.3. The van der Waals surface area contributed by atoms with Crippen molar-refractivity contribution >= 4 is 61.6 Å². The zero-order valence-electron chi connectivity index (χ0n) is 17.4. The summed E-state index contributed by atoms with van der Waals surface area (Å²) in [5.41, 5.74) is 3.88. The number of anilines is 1. The highest BCUT2D eigenvalue weighted by molar-refractivity contribution is 7.90. The molecule has 0 spiro atoms. The minimum atomic E-state index is -3.46. The highest BCUT2D eigenvalue weighted by atomic mass is 35.5. The Hall–Kier alpha value is -3.44. The van der Waals surface area contributed by atoms with Gasteiger partial charge in [-0.05, 0) is 54.6 Å². The predicted molar refractivity (Wildman–Crippen MR) is 128 cm³/mol. The number of carbonyl (C=O) groups is 2. The SMILES string of the molecule is CS(=O)(=O)c1ccc(C(=O)Nc2ccc(Cl)c(-c3nc4cc(C(=O)NO)ccc4[nH]3)c2)c(Cl)c1. The van der Waals surface area contributed by atoms with Gasteiger partial charge in [0.15, 0.2) is 9.84 Å². The van der Waals surface area contributed by atoms with Crippen LogP contribution in [0.25, 0.3) is 22.4 Å². The van der Waals surface area contributed by atoms with Crippen molar-refractivity contribution in [1.29, 1.82) is 0 Å². The molecule has 3 aromatic carbocycles. The van der Waals surface area contributed by atoms with Crippen LogP contribution in [0.3, 0.4) is 0 Å². The summed E-state index contributed by atoms with van der Waals surface area (Å²) in [4.78, 5) is 31.9. The zero-order chi connectivity index (χ0) is 24.6. The van der Waals surface area contributed by atoms with Crippen molar-refractivity contribution in [2.75, 3.05) is 11.6 Å². The molecule has 0 saturated heterocycles. The summed E-state index contributed by atoms with van der Waals surface area (Å²) in [5, 5.41) is 11.9. The number of amides is 2. The Balaban J connectivity index is 1.64. The third kappa shape index (κ3) is 4.75. The lowest BCUT2D eigenvalue weighted by Gasteiger charge is -2.10. The maximum atomic E-state index is 12.7.